The number of nitrogens with two attached hydrogens (primary N) is 1. The van der Waals surface area contributed by atoms with Gasteiger partial charge in [0, 0.05) is 45.2 Å². The molecule has 0 unspecified atom stereocenters. The number of methoxy groups -OCH3 is 1. The van der Waals surface area contributed by atoms with Gasteiger partial charge < -0.3 is 20.1 Å². The van der Waals surface area contributed by atoms with Crippen molar-refractivity contribution < 1.29 is 9.47 Å². The van der Waals surface area contributed by atoms with Crippen molar-refractivity contribution >= 4 is 22.9 Å². The Morgan fingerprint density at radius 2 is 2.11 bits per heavy atom. The first kappa shape index (κ1) is 15.9. The highest BCUT2D eigenvalue weighted by Gasteiger charge is 2.03. The zero-order valence-electron chi connectivity index (χ0n) is 11.6. The van der Waals surface area contributed by atoms with Crippen LogP contribution in [0.3, 0.4) is 0 Å². The Labute approximate surface area is 120 Å². The van der Waals surface area contributed by atoms with Gasteiger partial charge in [-0.25, -0.2) is 0 Å². The minimum atomic E-state index is 0.422. The minimum Gasteiger partial charge on any atom is -0.389 e. The summed E-state index contributed by atoms with van der Waals surface area (Å²) in [4.78, 5) is 2.55. The lowest BCUT2D eigenvalue weighted by atomic mass is 10.2. The number of ether oxygens (including phenoxy) is 2. The van der Waals surface area contributed by atoms with Crippen LogP contribution in [-0.4, -0.2) is 45.5 Å². The molecule has 0 saturated carbocycles. The van der Waals surface area contributed by atoms with E-state index in [1.807, 2.05) is 31.3 Å². The third-order valence-corrected chi connectivity index (χ3v) is 3.02. The van der Waals surface area contributed by atoms with Gasteiger partial charge in [-0.3, -0.25) is 0 Å². The van der Waals surface area contributed by atoms with Gasteiger partial charge >= 0.3 is 0 Å². The maximum Gasteiger partial charge on any atom is 0.104 e. The van der Waals surface area contributed by atoms with E-state index in [0.29, 0.717) is 11.6 Å². The molecule has 0 atom stereocenters. The van der Waals surface area contributed by atoms with Gasteiger partial charge in [0.25, 0.3) is 0 Å². The molecule has 19 heavy (non-hydrogen) atoms. The Hall–Kier alpha value is -1.17. The number of thiocarbonyl (C=S) groups is 1. The molecule has 2 N–H and O–H groups in total. The van der Waals surface area contributed by atoms with Crippen LogP contribution in [0, 0.1) is 0 Å². The molecule has 5 heteroatoms. The van der Waals surface area contributed by atoms with Gasteiger partial charge in [0.2, 0.25) is 0 Å². The molecule has 0 heterocycles. The fourth-order valence-corrected chi connectivity index (χ4v) is 1.76. The van der Waals surface area contributed by atoms with Gasteiger partial charge in [0.15, 0.2) is 0 Å². The maximum absolute atomic E-state index is 5.63. The van der Waals surface area contributed by atoms with Crippen LogP contribution < -0.4 is 10.6 Å². The summed E-state index contributed by atoms with van der Waals surface area (Å²) in [5.74, 6) is 0. The van der Waals surface area contributed by atoms with E-state index in [9.17, 15) is 0 Å². The summed E-state index contributed by atoms with van der Waals surface area (Å²) in [6, 6.07) is 7.90. The molecule has 0 radical (unpaired) electrons. The van der Waals surface area contributed by atoms with E-state index in [-0.39, 0.29) is 0 Å². The molecule has 106 valence electrons. The minimum absolute atomic E-state index is 0.422. The standard InChI is InChI=1S/C14H22N2O2S/c1-16(7-10-18-9-4-8-17-2)13-6-3-5-12(11-13)14(15)19/h3,5-6,11H,4,7-10H2,1-2H3,(H2,15,19). The smallest absolute Gasteiger partial charge is 0.104 e. The summed E-state index contributed by atoms with van der Waals surface area (Å²) in [5.41, 5.74) is 7.61. The highest BCUT2D eigenvalue weighted by atomic mass is 32.1. The second kappa shape index (κ2) is 8.85. The molecule has 4 nitrogen and oxygen atoms in total. The van der Waals surface area contributed by atoms with Crippen LogP contribution in [0.1, 0.15) is 12.0 Å². The third-order valence-electron chi connectivity index (χ3n) is 2.78. The molecule has 0 aliphatic carbocycles. The summed E-state index contributed by atoms with van der Waals surface area (Å²) >= 11 is 4.98. The van der Waals surface area contributed by atoms with Crippen molar-refractivity contribution in [3.8, 4) is 0 Å². The number of hydrogen-bond acceptors (Lipinski definition) is 4. The Balaban J connectivity index is 2.34. The van der Waals surface area contributed by atoms with E-state index < -0.39 is 0 Å². The molecular weight excluding hydrogens is 260 g/mol. The highest BCUT2D eigenvalue weighted by molar-refractivity contribution is 7.80. The lowest BCUT2D eigenvalue weighted by Gasteiger charge is -2.19. The van der Waals surface area contributed by atoms with Crippen LogP contribution in [0.5, 0.6) is 0 Å². The third kappa shape index (κ3) is 6.00. The number of benzene rings is 1. The SMILES string of the molecule is COCCCOCCN(C)c1cccc(C(N)=S)c1. The first-order chi connectivity index (χ1) is 9.15. The Morgan fingerprint density at radius 1 is 1.32 bits per heavy atom. The number of nitrogens with zero attached hydrogens (tertiary/aromatic N) is 1. The van der Waals surface area contributed by atoms with Crippen molar-refractivity contribution in [1.29, 1.82) is 0 Å². The molecule has 0 aromatic heterocycles. The van der Waals surface area contributed by atoms with Crippen LogP contribution in [0.2, 0.25) is 0 Å². The Kier molecular flexibility index (Phi) is 7.40. The number of likely N-dealkylation sites (N-methyl/N-ethyl adjacent to an activating group) is 1. The molecule has 0 fully saturated rings. The topological polar surface area (TPSA) is 47.7 Å². The zero-order chi connectivity index (χ0) is 14.1. The van der Waals surface area contributed by atoms with E-state index in [4.69, 9.17) is 27.4 Å². The van der Waals surface area contributed by atoms with Gasteiger partial charge in [-0.05, 0) is 18.6 Å². The van der Waals surface area contributed by atoms with Gasteiger partial charge in [0.1, 0.15) is 4.99 Å². The first-order valence-electron chi connectivity index (χ1n) is 6.33. The van der Waals surface area contributed by atoms with Crippen LogP contribution in [0.25, 0.3) is 0 Å². The fourth-order valence-electron chi connectivity index (χ4n) is 1.63. The van der Waals surface area contributed by atoms with Gasteiger partial charge in [-0.1, -0.05) is 24.4 Å². The number of hydrogen-bond donors (Lipinski definition) is 1. The number of anilines is 1. The second-order valence-corrected chi connectivity index (χ2v) is 4.73. The molecular formula is C14H22N2O2S. The summed E-state index contributed by atoms with van der Waals surface area (Å²) in [6.07, 6.45) is 0.928. The van der Waals surface area contributed by atoms with Gasteiger partial charge in [-0.15, -0.1) is 0 Å². The second-order valence-electron chi connectivity index (χ2n) is 4.29. The monoisotopic (exact) mass is 282 g/mol. The Morgan fingerprint density at radius 3 is 2.79 bits per heavy atom. The van der Waals surface area contributed by atoms with Crippen LogP contribution >= 0.6 is 12.2 Å². The highest BCUT2D eigenvalue weighted by Crippen LogP contribution is 2.14. The zero-order valence-corrected chi connectivity index (χ0v) is 12.4. The fraction of sp³-hybridized carbons (Fsp3) is 0.500. The lowest BCUT2D eigenvalue weighted by molar-refractivity contribution is 0.107. The molecule has 1 rings (SSSR count). The van der Waals surface area contributed by atoms with E-state index in [1.54, 1.807) is 7.11 Å². The average molecular weight is 282 g/mol. The molecule has 0 aliphatic rings. The van der Waals surface area contributed by atoms with Crippen molar-refractivity contribution in [2.24, 2.45) is 5.73 Å². The molecule has 0 amide bonds. The Bertz CT molecular complexity index is 399. The summed E-state index contributed by atoms with van der Waals surface area (Å²) < 4.78 is 10.5. The summed E-state index contributed by atoms with van der Waals surface area (Å²) in [5, 5.41) is 0. The van der Waals surface area contributed by atoms with E-state index in [2.05, 4.69) is 4.90 Å². The molecule has 1 aromatic carbocycles. The van der Waals surface area contributed by atoms with Crippen LogP contribution in [0.4, 0.5) is 5.69 Å². The van der Waals surface area contributed by atoms with E-state index >= 15 is 0 Å². The molecule has 0 aliphatic heterocycles. The van der Waals surface area contributed by atoms with Crippen molar-refractivity contribution in [2.75, 3.05) is 45.4 Å². The predicted octanol–water partition coefficient (Wildman–Crippen LogP) is 1.81. The van der Waals surface area contributed by atoms with Crippen molar-refractivity contribution in [3.05, 3.63) is 29.8 Å². The molecule has 0 saturated heterocycles. The lowest BCUT2D eigenvalue weighted by Crippen LogP contribution is -2.23. The van der Waals surface area contributed by atoms with Crippen LogP contribution in [0.15, 0.2) is 24.3 Å². The average Bonchev–Trinajstić information content (AvgIpc) is 2.42. The summed E-state index contributed by atoms with van der Waals surface area (Å²) in [6.45, 7) is 2.99. The largest absolute Gasteiger partial charge is 0.389 e. The van der Waals surface area contributed by atoms with Crippen molar-refractivity contribution in [1.82, 2.24) is 0 Å². The predicted molar refractivity (Wildman–Crippen MR) is 82.9 cm³/mol. The molecule has 1 aromatic rings. The van der Waals surface area contributed by atoms with Crippen molar-refractivity contribution in [3.63, 3.8) is 0 Å². The van der Waals surface area contributed by atoms with Crippen LogP contribution in [-0.2, 0) is 9.47 Å². The van der Waals surface area contributed by atoms with Gasteiger partial charge in [0.05, 0.1) is 6.61 Å². The summed E-state index contributed by atoms with van der Waals surface area (Å²) in [7, 11) is 3.72. The normalized spacial score (nSPS) is 10.4. The quantitative estimate of drug-likeness (QED) is 0.553. The maximum atomic E-state index is 5.63. The first-order valence-corrected chi connectivity index (χ1v) is 6.73. The number of rotatable bonds is 9. The van der Waals surface area contributed by atoms with Gasteiger partial charge in [-0.2, -0.15) is 0 Å². The van der Waals surface area contributed by atoms with E-state index in [0.717, 1.165) is 37.4 Å². The molecule has 0 spiro atoms. The van der Waals surface area contributed by atoms with Crippen molar-refractivity contribution in [2.45, 2.75) is 6.42 Å². The molecule has 0 bridgehead atoms. The van der Waals surface area contributed by atoms with E-state index in [1.165, 1.54) is 0 Å².